The Balaban J connectivity index is 2.25. The highest BCUT2D eigenvalue weighted by atomic mass is 16.2. The first-order chi connectivity index (χ1) is 12.0. The highest BCUT2D eigenvalue weighted by molar-refractivity contribution is 6.02. The van der Waals surface area contributed by atoms with Crippen LogP contribution in [-0.4, -0.2) is 22.9 Å². The Morgan fingerprint density at radius 3 is 2.60 bits per heavy atom. The molecule has 0 aromatic heterocycles. The number of amides is 2. The lowest BCUT2D eigenvalue weighted by molar-refractivity contribution is -0.119. The highest BCUT2D eigenvalue weighted by Gasteiger charge is 2.32. The van der Waals surface area contributed by atoms with Crippen molar-refractivity contribution < 1.29 is 9.59 Å². The van der Waals surface area contributed by atoms with Gasteiger partial charge in [0.1, 0.15) is 11.7 Å². The van der Waals surface area contributed by atoms with Crippen LogP contribution in [-0.2, 0) is 4.79 Å². The van der Waals surface area contributed by atoms with Crippen LogP contribution in [0.1, 0.15) is 56.8 Å². The molecule has 0 spiro atoms. The molecule has 4 heteroatoms. The molecule has 1 N–H and O–H groups in total. The lowest BCUT2D eigenvalue weighted by Gasteiger charge is -2.35. The van der Waals surface area contributed by atoms with Gasteiger partial charge in [0.2, 0.25) is 0 Å². The summed E-state index contributed by atoms with van der Waals surface area (Å²) >= 11 is 0. The summed E-state index contributed by atoms with van der Waals surface area (Å²) in [6.45, 7) is 6.10. The van der Waals surface area contributed by atoms with Gasteiger partial charge in [-0.2, -0.15) is 0 Å². The number of hydrogen-bond donors (Lipinski definition) is 1. The molecule has 1 heterocycles. The standard InChI is InChI=1S/C21H26N2O2/c1-4-5-6-7-9-14-18-15-23(19(16(2)3)22-20(18)24)21(25)17-12-10-8-11-13-17/h8,10-13,15-16,19H,4-7H2,1-3H3,(H,22,24)/t19-/m0/s1. The number of carbonyl (C=O) groups is 2. The first kappa shape index (κ1) is 18.8. The monoisotopic (exact) mass is 338 g/mol. The number of unbranched alkanes of at least 4 members (excludes halogenated alkanes) is 3. The fourth-order valence-electron chi connectivity index (χ4n) is 2.67. The number of rotatable bonds is 5. The summed E-state index contributed by atoms with van der Waals surface area (Å²) in [5, 5.41) is 2.91. The first-order valence-electron chi connectivity index (χ1n) is 8.93. The van der Waals surface area contributed by atoms with Crippen LogP contribution in [0.4, 0.5) is 0 Å². The van der Waals surface area contributed by atoms with Crippen molar-refractivity contribution >= 4 is 11.8 Å². The van der Waals surface area contributed by atoms with Crippen LogP contribution in [0.2, 0.25) is 0 Å². The molecular formula is C21H26N2O2. The van der Waals surface area contributed by atoms with Gasteiger partial charge in [-0.25, -0.2) is 0 Å². The number of nitrogens with one attached hydrogen (secondary N) is 1. The normalized spacial score (nSPS) is 16.8. The van der Waals surface area contributed by atoms with Crippen molar-refractivity contribution in [3.8, 4) is 11.8 Å². The summed E-state index contributed by atoms with van der Waals surface area (Å²) < 4.78 is 0. The maximum absolute atomic E-state index is 12.9. The molecule has 2 rings (SSSR count). The zero-order valence-electron chi connectivity index (χ0n) is 15.2. The molecule has 4 nitrogen and oxygen atoms in total. The lowest BCUT2D eigenvalue weighted by Crippen LogP contribution is -2.54. The van der Waals surface area contributed by atoms with E-state index in [-0.39, 0.29) is 23.9 Å². The summed E-state index contributed by atoms with van der Waals surface area (Å²) in [6.07, 6.45) is 5.30. The van der Waals surface area contributed by atoms with Crippen LogP contribution < -0.4 is 5.32 Å². The van der Waals surface area contributed by atoms with Crippen molar-refractivity contribution in [1.82, 2.24) is 10.2 Å². The quantitative estimate of drug-likeness (QED) is 0.657. The van der Waals surface area contributed by atoms with Gasteiger partial charge in [-0.05, 0) is 24.5 Å². The predicted octanol–water partition coefficient (Wildman–Crippen LogP) is 3.71. The molecule has 0 bridgehead atoms. The summed E-state index contributed by atoms with van der Waals surface area (Å²) in [6, 6.07) is 9.09. The van der Waals surface area contributed by atoms with Gasteiger partial charge in [-0.1, -0.05) is 63.7 Å². The van der Waals surface area contributed by atoms with Crippen LogP contribution in [0.3, 0.4) is 0 Å². The zero-order chi connectivity index (χ0) is 18.2. The summed E-state index contributed by atoms with van der Waals surface area (Å²) in [5.41, 5.74) is 0.938. The van der Waals surface area contributed by atoms with Crippen LogP contribution in [0.25, 0.3) is 0 Å². The smallest absolute Gasteiger partial charge is 0.262 e. The van der Waals surface area contributed by atoms with Crippen molar-refractivity contribution in [2.75, 3.05) is 0 Å². The minimum absolute atomic E-state index is 0.0897. The molecule has 25 heavy (non-hydrogen) atoms. The molecule has 1 aromatic rings. The van der Waals surface area contributed by atoms with E-state index in [2.05, 4.69) is 24.1 Å². The molecule has 1 aromatic carbocycles. The maximum Gasteiger partial charge on any atom is 0.262 e. The fraction of sp³-hybridized carbons (Fsp3) is 0.429. The number of hydrogen-bond acceptors (Lipinski definition) is 2. The highest BCUT2D eigenvalue weighted by Crippen LogP contribution is 2.19. The summed E-state index contributed by atoms with van der Waals surface area (Å²) in [4.78, 5) is 26.8. The van der Waals surface area contributed by atoms with E-state index in [0.29, 0.717) is 11.1 Å². The van der Waals surface area contributed by atoms with E-state index in [4.69, 9.17) is 0 Å². The van der Waals surface area contributed by atoms with Crippen LogP contribution in [0, 0.1) is 17.8 Å². The van der Waals surface area contributed by atoms with Crippen molar-refractivity contribution in [2.45, 2.75) is 52.6 Å². The van der Waals surface area contributed by atoms with Crippen molar-refractivity contribution in [3.05, 3.63) is 47.7 Å². The molecule has 0 saturated heterocycles. The largest absolute Gasteiger partial charge is 0.331 e. The molecule has 0 unspecified atom stereocenters. The Morgan fingerprint density at radius 2 is 1.96 bits per heavy atom. The van der Waals surface area contributed by atoms with E-state index in [1.807, 2.05) is 32.0 Å². The zero-order valence-corrected chi connectivity index (χ0v) is 15.2. The van der Waals surface area contributed by atoms with Gasteiger partial charge in [0.15, 0.2) is 0 Å². The second-order valence-electron chi connectivity index (χ2n) is 6.54. The predicted molar refractivity (Wildman–Crippen MR) is 99.4 cm³/mol. The van der Waals surface area contributed by atoms with Gasteiger partial charge < -0.3 is 5.32 Å². The molecule has 2 amide bonds. The molecule has 132 valence electrons. The molecular weight excluding hydrogens is 312 g/mol. The molecule has 1 atom stereocenters. The van der Waals surface area contributed by atoms with E-state index >= 15 is 0 Å². The average molecular weight is 338 g/mol. The third-order valence-electron chi connectivity index (χ3n) is 4.11. The van der Waals surface area contributed by atoms with Crippen LogP contribution >= 0.6 is 0 Å². The maximum atomic E-state index is 12.9. The van der Waals surface area contributed by atoms with Gasteiger partial charge in [0.25, 0.3) is 11.8 Å². The molecule has 0 fully saturated rings. The Hall–Kier alpha value is -2.54. The minimum atomic E-state index is -0.370. The summed E-state index contributed by atoms with van der Waals surface area (Å²) in [7, 11) is 0. The minimum Gasteiger partial charge on any atom is -0.331 e. The van der Waals surface area contributed by atoms with E-state index in [0.717, 1.165) is 25.7 Å². The van der Waals surface area contributed by atoms with E-state index in [1.54, 1.807) is 23.2 Å². The summed E-state index contributed by atoms with van der Waals surface area (Å²) in [5.74, 6) is 5.72. The van der Waals surface area contributed by atoms with E-state index in [1.165, 1.54) is 0 Å². The van der Waals surface area contributed by atoms with Gasteiger partial charge in [0, 0.05) is 18.2 Å². The van der Waals surface area contributed by atoms with Crippen LogP contribution in [0.15, 0.2) is 42.1 Å². The third-order valence-corrected chi connectivity index (χ3v) is 4.11. The second kappa shape index (κ2) is 9.08. The average Bonchev–Trinajstić information content (AvgIpc) is 2.62. The molecule has 1 aliphatic heterocycles. The topological polar surface area (TPSA) is 49.4 Å². The van der Waals surface area contributed by atoms with Gasteiger partial charge in [-0.3, -0.25) is 14.5 Å². The Labute approximate surface area is 150 Å². The van der Waals surface area contributed by atoms with Crippen molar-refractivity contribution in [2.24, 2.45) is 5.92 Å². The lowest BCUT2D eigenvalue weighted by atomic mass is 10.0. The van der Waals surface area contributed by atoms with Gasteiger partial charge in [0.05, 0.1) is 0 Å². The molecule has 0 saturated carbocycles. The number of nitrogens with zero attached hydrogens (tertiary/aromatic N) is 1. The van der Waals surface area contributed by atoms with Crippen molar-refractivity contribution in [1.29, 1.82) is 0 Å². The molecule has 1 aliphatic rings. The Bertz CT molecular complexity index is 696. The van der Waals surface area contributed by atoms with E-state index < -0.39 is 0 Å². The SMILES string of the molecule is CCCCCC#CC1=CN(C(=O)c2ccccc2)[C@@H](C(C)C)NC1=O. The third kappa shape index (κ3) is 4.96. The Morgan fingerprint density at radius 1 is 1.24 bits per heavy atom. The van der Waals surface area contributed by atoms with E-state index in [9.17, 15) is 9.59 Å². The van der Waals surface area contributed by atoms with Crippen molar-refractivity contribution in [3.63, 3.8) is 0 Å². The molecule has 0 radical (unpaired) electrons. The van der Waals surface area contributed by atoms with Gasteiger partial charge in [-0.15, -0.1) is 0 Å². The number of carbonyl (C=O) groups excluding carboxylic acids is 2. The second-order valence-corrected chi connectivity index (χ2v) is 6.54. The van der Waals surface area contributed by atoms with Crippen LogP contribution in [0.5, 0.6) is 0 Å². The number of benzene rings is 1. The molecule has 0 aliphatic carbocycles. The van der Waals surface area contributed by atoms with Gasteiger partial charge >= 0.3 is 0 Å². The first-order valence-corrected chi connectivity index (χ1v) is 8.93. The Kier molecular flexibility index (Phi) is 6.82. The fourth-order valence-corrected chi connectivity index (χ4v) is 2.67.